The van der Waals surface area contributed by atoms with E-state index in [0.29, 0.717) is 6.04 Å². The molecule has 2 aliphatic heterocycles. The van der Waals surface area contributed by atoms with Gasteiger partial charge in [-0.2, -0.15) is 0 Å². The predicted octanol–water partition coefficient (Wildman–Crippen LogP) is 2.32. The second-order valence-corrected chi connectivity index (χ2v) is 4.23. The molecule has 1 amide bonds. The Morgan fingerprint density at radius 2 is 1.75 bits per heavy atom. The van der Waals surface area contributed by atoms with Gasteiger partial charge in [-0.15, -0.1) is 0 Å². The molecule has 2 saturated heterocycles. The van der Waals surface area contributed by atoms with E-state index in [4.69, 9.17) is 11.8 Å². The fourth-order valence-corrected chi connectivity index (χ4v) is 2.65. The van der Waals surface area contributed by atoms with Gasteiger partial charge in [-0.05, 0) is 25.7 Å². The van der Waals surface area contributed by atoms with Gasteiger partial charge in [0.25, 0.3) is 0 Å². The van der Waals surface area contributed by atoms with E-state index in [1.54, 1.807) is 0 Å². The van der Waals surface area contributed by atoms with Crippen LogP contribution in [0.2, 0.25) is 0 Å². The highest BCUT2D eigenvalue weighted by atomic mass is 35.5. The highest BCUT2D eigenvalue weighted by Gasteiger charge is 2.34. The average molecular weight is 188 g/mol. The fourth-order valence-electron chi connectivity index (χ4n) is 2.32. The molecule has 2 aliphatic rings. The van der Waals surface area contributed by atoms with Crippen LogP contribution in [0.4, 0.5) is 0 Å². The van der Waals surface area contributed by atoms with Crippen molar-refractivity contribution in [3.8, 4) is 0 Å². The molecule has 0 saturated carbocycles. The quantitative estimate of drug-likeness (QED) is 0.533. The maximum Gasteiger partial charge on any atom is 0.240 e. The summed E-state index contributed by atoms with van der Waals surface area (Å²) in [6, 6.07) is 0.326. The van der Waals surface area contributed by atoms with E-state index in [1.807, 2.05) is 0 Å². The van der Waals surface area contributed by atoms with Crippen LogP contribution < -0.4 is 0 Å². The lowest BCUT2D eigenvalue weighted by molar-refractivity contribution is -0.130. The third kappa shape index (κ3) is 1.33. The predicted molar refractivity (Wildman–Crippen MR) is 47.7 cm³/mol. The molecule has 0 aliphatic carbocycles. The van der Waals surface area contributed by atoms with Crippen LogP contribution in [0.15, 0.2) is 0 Å². The minimum absolute atomic E-state index is 0.177. The van der Waals surface area contributed by atoms with Gasteiger partial charge in [0.2, 0.25) is 5.91 Å². The Morgan fingerprint density at radius 3 is 2.33 bits per heavy atom. The van der Waals surface area contributed by atoms with Gasteiger partial charge < -0.3 is 0 Å². The summed E-state index contributed by atoms with van der Waals surface area (Å²) in [6.45, 7) is 0. The van der Waals surface area contributed by atoms with Crippen LogP contribution in [0.3, 0.4) is 0 Å². The molecule has 3 heteroatoms. The molecule has 2 bridgehead atoms. The lowest BCUT2D eigenvalue weighted by Gasteiger charge is -2.20. The van der Waals surface area contributed by atoms with Gasteiger partial charge in [0.15, 0.2) is 0 Å². The topological polar surface area (TPSA) is 20.3 Å². The van der Waals surface area contributed by atoms with E-state index in [-0.39, 0.29) is 11.8 Å². The van der Waals surface area contributed by atoms with E-state index in [0.717, 1.165) is 25.7 Å². The number of nitrogens with zero attached hydrogens (tertiary/aromatic N) is 1. The van der Waals surface area contributed by atoms with Gasteiger partial charge in [-0.25, -0.2) is 0 Å². The Morgan fingerprint density at radius 1 is 1.17 bits per heavy atom. The second kappa shape index (κ2) is 3.25. The number of halogens is 1. The molecule has 2 heterocycles. The van der Waals surface area contributed by atoms with Gasteiger partial charge in [0.05, 0.1) is 0 Å². The van der Waals surface area contributed by atoms with E-state index in [9.17, 15) is 4.79 Å². The van der Waals surface area contributed by atoms with Crippen molar-refractivity contribution in [2.24, 2.45) is 5.92 Å². The molecule has 2 rings (SSSR count). The monoisotopic (exact) mass is 187 g/mol. The molecule has 2 nitrogen and oxygen atoms in total. The molecule has 0 unspecified atom stereocenters. The number of rotatable bonds is 0. The van der Waals surface area contributed by atoms with Crippen molar-refractivity contribution in [1.82, 2.24) is 4.42 Å². The van der Waals surface area contributed by atoms with Gasteiger partial charge in [0, 0.05) is 23.7 Å². The maximum atomic E-state index is 11.6. The molecule has 0 aromatic heterocycles. The summed E-state index contributed by atoms with van der Waals surface area (Å²) in [4.78, 5) is 11.6. The summed E-state index contributed by atoms with van der Waals surface area (Å²) in [6.07, 6.45) is 6.66. The summed E-state index contributed by atoms with van der Waals surface area (Å²) >= 11 is 5.96. The number of carbonyl (C=O) groups excluding carboxylic acids is 1. The number of carbonyl (C=O) groups is 1. The Kier molecular flexibility index (Phi) is 2.26. The smallest absolute Gasteiger partial charge is 0.240 e. The van der Waals surface area contributed by atoms with E-state index in [2.05, 4.69) is 0 Å². The van der Waals surface area contributed by atoms with Crippen LogP contribution in [-0.4, -0.2) is 16.4 Å². The summed E-state index contributed by atoms with van der Waals surface area (Å²) in [5.41, 5.74) is 0. The highest BCUT2D eigenvalue weighted by Crippen LogP contribution is 2.33. The summed E-state index contributed by atoms with van der Waals surface area (Å²) < 4.78 is 1.48. The summed E-state index contributed by atoms with van der Waals surface area (Å²) in [7, 11) is 0. The van der Waals surface area contributed by atoms with Crippen LogP contribution in [0.1, 0.15) is 38.5 Å². The van der Waals surface area contributed by atoms with Gasteiger partial charge in [-0.3, -0.25) is 9.21 Å². The second-order valence-electron chi connectivity index (χ2n) is 3.86. The molecule has 0 N–H and O–H groups in total. The van der Waals surface area contributed by atoms with Crippen molar-refractivity contribution >= 4 is 17.7 Å². The molecule has 0 aromatic rings. The van der Waals surface area contributed by atoms with Gasteiger partial charge >= 0.3 is 0 Å². The zero-order valence-corrected chi connectivity index (χ0v) is 7.89. The molecule has 68 valence electrons. The summed E-state index contributed by atoms with van der Waals surface area (Å²) in [5.74, 6) is 0.409. The number of fused-ring (bicyclic) bond motifs is 3. The van der Waals surface area contributed by atoms with Crippen molar-refractivity contribution in [2.45, 2.75) is 44.6 Å². The van der Waals surface area contributed by atoms with Gasteiger partial charge in [0.1, 0.15) is 0 Å². The van der Waals surface area contributed by atoms with E-state index < -0.39 is 0 Å². The molecule has 0 aromatic carbocycles. The summed E-state index contributed by atoms with van der Waals surface area (Å²) in [5, 5.41) is 0. The Bertz CT molecular complexity index is 181. The normalized spacial score (nSPS) is 36.4. The molecule has 12 heavy (non-hydrogen) atoms. The van der Waals surface area contributed by atoms with Crippen LogP contribution in [0, 0.1) is 5.92 Å². The van der Waals surface area contributed by atoms with Gasteiger partial charge in [-0.1, -0.05) is 12.8 Å². The van der Waals surface area contributed by atoms with Crippen LogP contribution in [0.25, 0.3) is 0 Å². The first-order chi connectivity index (χ1) is 5.79. The number of amides is 1. The van der Waals surface area contributed by atoms with Crippen molar-refractivity contribution in [2.75, 3.05) is 0 Å². The zero-order chi connectivity index (χ0) is 8.55. The first kappa shape index (κ1) is 8.36. The largest absolute Gasteiger partial charge is 0.273 e. The molecule has 0 radical (unpaired) electrons. The van der Waals surface area contributed by atoms with Crippen LogP contribution >= 0.6 is 11.8 Å². The van der Waals surface area contributed by atoms with Crippen molar-refractivity contribution in [3.05, 3.63) is 0 Å². The van der Waals surface area contributed by atoms with Crippen molar-refractivity contribution in [1.29, 1.82) is 0 Å². The number of hydrogen-bond acceptors (Lipinski definition) is 1. The van der Waals surface area contributed by atoms with Crippen molar-refractivity contribution in [3.63, 3.8) is 0 Å². The highest BCUT2D eigenvalue weighted by molar-refractivity contribution is 6.21. The zero-order valence-electron chi connectivity index (χ0n) is 7.13. The fraction of sp³-hybridized carbons (Fsp3) is 0.889. The minimum atomic E-state index is 0.177. The third-order valence-electron chi connectivity index (χ3n) is 3.06. The first-order valence-electron chi connectivity index (χ1n) is 4.78. The molecule has 0 atom stereocenters. The molecule has 0 spiro atoms. The Balaban J connectivity index is 2.22. The maximum absolute atomic E-state index is 11.6. The lowest BCUT2D eigenvalue weighted by atomic mass is 9.92. The third-order valence-corrected chi connectivity index (χ3v) is 3.50. The first-order valence-corrected chi connectivity index (χ1v) is 5.11. The Hall–Kier alpha value is -0.240. The standard InChI is InChI=1S/C9H14ClNO/c10-11-8-5-1-3-7(9(11)12)4-2-6-8/h7-8H,1-6H2. The van der Waals surface area contributed by atoms with Crippen molar-refractivity contribution < 1.29 is 4.79 Å². The van der Waals surface area contributed by atoms with Crippen LogP contribution in [-0.2, 0) is 4.79 Å². The van der Waals surface area contributed by atoms with E-state index >= 15 is 0 Å². The molecule has 2 fully saturated rings. The molecular formula is C9H14ClNO. The lowest BCUT2D eigenvalue weighted by Crippen LogP contribution is -2.31. The Labute approximate surface area is 78.0 Å². The van der Waals surface area contributed by atoms with Crippen LogP contribution in [0.5, 0.6) is 0 Å². The number of hydrogen-bond donors (Lipinski definition) is 0. The van der Waals surface area contributed by atoms with E-state index in [1.165, 1.54) is 17.3 Å². The molecular weight excluding hydrogens is 174 g/mol. The minimum Gasteiger partial charge on any atom is -0.273 e. The average Bonchev–Trinajstić information content (AvgIpc) is 2.19. The SMILES string of the molecule is O=C1C2CCCC(CCC2)N1Cl.